The largest absolute Gasteiger partial charge is 0.478 e. The highest BCUT2D eigenvalue weighted by Crippen LogP contribution is 2.22. The van der Waals surface area contributed by atoms with Gasteiger partial charge in [-0.2, -0.15) is 0 Å². The fourth-order valence-electron chi connectivity index (χ4n) is 2.59. The van der Waals surface area contributed by atoms with Gasteiger partial charge in [0.15, 0.2) is 5.78 Å². The summed E-state index contributed by atoms with van der Waals surface area (Å²) < 4.78 is 0. The molecule has 23 heavy (non-hydrogen) atoms. The summed E-state index contributed by atoms with van der Waals surface area (Å²) in [6.07, 6.45) is 3.20. The first kappa shape index (κ1) is 14.8. The lowest BCUT2D eigenvalue weighted by Gasteiger charge is -1.98. The quantitative estimate of drug-likeness (QED) is 0.564. The Balaban J connectivity index is 1.88. The van der Waals surface area contributed by atoms with E-state index in [9.17, 15) is 9.59 Å². The number of aromatic carboxylic acids is 1. The molecule has 0 aliphatic heterocycles. The van der Waals surface area contributed by atoms with Gasteiger partial charge in [0.05, 0.1) is 11.1 Å². The monoisotopic (exact) mass is 305 g/mol. The van der Waals surface area contributed by atoms with Crippen molar-refractivity contribution in [3.63, 3.8) is 0 Å². The molecule has 4 heteroatoms. The zero-order chi connectivity index (χ0) is 16.4. The molecule has 0 saturated heterocycles. The lowest BCUT2D eigenvalue weighted by atomic mass is 10.0. The number of hydrogen-bond acceptors (Lipinski definition) is 2. The second kappa shape index (κ2) is 5.93. The Morgan fingerprint density at radius 2 is 1.74 bits per heavy atom. The zero-order valence-electron chi connectivity index (χ0n) is 12.5. The van der Waals surface area contributed by atoms with Gasteiger partial charge in [-0.05, 0) is 36.8 Å². The molecule has 0 saturated carbocycles. The molecule has 0 aliphatic carbocycles. The van der Waals surface area contributed by atoms with Crippen molar-refractivity contribution in [2.24, 2.45) is 0 Å². The second-order valence-electron chi connectivity index (χ2n) is 5.30. The van der Waals surface area contributed by atoms with E-state index in [4.69, 9.17) is 5.11 Å². The number of rotatable bonds is 4. The second-order valence-corrected chi connectivity index (χ2v) is 5.30. The van der Waals surface area contributed by atoms with Crippen molar-refractivity contribution < 1.29 is 14.7 Å². The van der Waals surface area contributed by atoms with Gasteiger partial charge in [-0.3, -0.25) is 4.79 Å². The summed E-state index contributed by atoms with van der Waals surface area (Å²) in [5.41, 5.74) is 3.44. The molecule has 1 heterocycles. The third-order valence-corrected chi connectivity index (χ3v) is 3.72. The van der Waals surface area contributed by atoms with E-state index < -0.39 is 5.97 Å². The van der Waals surface area contributed by atoms with E-state index in [1.54, 1.807) is 18.2 Å². The first-order valence-corrected chi connectivity index (χ1v) is 7.19. The van der Waals surface area contributed by atoms with Gasteiger partial charge < -0.3 is 10.1 Å². The molecule has 0 aliphatic rings. The van der Waals surface area contributed by atoms with Crippen LogP contribution in [0.4, 0.5) is 0 Å². The van der Waals surface area contributed by atoms with Gasteiger partial charge in [-0.15, -0.1) is 0 Å². The maximum absolute atomic E-state index is 12.5. The number of H-pyrrole nitrogens is 1. The van der Waals surface area contributed by atoms with Crippen molar-refractivity contribution in [3.05, 3.63) is 77.0 Å². The molecular formula is C19H15NO3. The number of allylic oxidation sites excluding steroid dienone is 1. The molecule has 0 amide bonds. The Bertz CT molecular complexity index is 917. The number of fused-ring (bicyclic) bond motifs is 1. The highest BCUT2D eigenvalue weighted by molar-refractivity contribution is 6.15. The van der Waals surface area contributed by atoms with Crippen molar-refractivity contribution in [2.75, 3.05) is 0 Å². The van der Waals surface area contributed by atoms with E-state index in [1.165, 1.54) is 18.2 Å². The van der Waals surface area contributed by atoms with Crippen LogP contribution in [0.3, 0.4) is 0 Å². The average molecular weight is 305 g/mol. The SMILES string of the molecule is Cc1[nH]c2ccccc2c1C(=O)/C=C/c1ccc(C(=O)O)cc1. The fraction of sp³-hybridized carbons (Fsp3) is 0.0526. The van der Waals surface area contributed by atoms with Crippen molar-refractivity contribution >= 4 is 28.7 Å². The van der Waals surface area contributed by atoms with Crippen LogP contribution in [0.2, 0.25) is 0 Å². The van der Waals surface area contributed by atoms with Crippen LogP contribution in [0.5, 0.6) is 0 Å². The number of hydrogen-bond donors (Lipinski definition) is 2. The maximum atomic E-state index is 12.5. The van der Waals surface area contributed by atoms with E-state index in [0.717, 1.165) is 22.2 Å². The van der Waals surface area contributed by atoms with Crippen LogP contribution in [0.25, 0.3) is 17.0 Å². The van der Waals surface area contributed by atoms with Gasteiger partial charge in [-0.1, -0.05) is 36.4 Å². The molecule has 1 aromatic heterocycles. The lowest BCUT2D eigenvalue weighted by Crippen LogP contribution is -1.96. The van der Waals surface area contributed by atoms with E-state index in [0.29, 0.717) is 5.56 Å². The van der Waals surface area contributed by atoms with Gasteiger partial charge in [-0.25, -0.2) is 4.79 Å². The Morgan fingerprint density at radius 3 is 2.43 bits per heavy atom. The molecule has 0 spiro atoms. The molecule has 0 fully saturated rings. The van der Waals surface area contributed by atoms with E-state index in [-0.39, 0.29) is 11.3 Å². The van der Waals surface area contributed by atoms with Crippen LogP contribution in [-0.4, -0.2) is 21.8 Å². The van der Waals surface area contributed by atoms with E-state index in [2.05, 4.69) is 4.98 Å². The number of benzene rings is 2. The van der Waals surface area contributed by atoms with Crippen molar-refractivity contribution in [3.8, 4) is 0 Å². The number of para-hydroxylation sites is 1. The number of carbonyl (C=O) groups excluding carboxylic acids is 1. The van der Waals surface area contributed by atoms with E-state index in [1.807, 2.05) is 31.2 Å². The van der Waals surface area contributed by atoms with Crippen molar-refractivity contribution in [1.29, 1.82) is 0 Å². The molecule has 0 unspecified atom stereocenters. The minimum Gasteiger partial charge on any atom is -0.478 e. The third-order valence-electron chi connectivity index (χ3n) is 3.72. The van der Waals surface area contributed by atoms with Crippen LogP contribution in [0, 0.1) is 6.92 Å². The number of nitrogens with one attached hydrogen (secondary N) is 1. The predicted molar refractivity (Wildman–Crippen MR) is 89.8 cm³/mol. The summed E-state index contributed by atoms with van der Waals surface area (Å²) >= 11 is 0. The first-order chi connectivity index (χ1) is 11.1. The zero-order valence-corrected chi connectivity index (χ0v) is 12.5. The summed E-state index contributed by atoms with van der Waals surface area (Å²) in [4.78, 5) is 26.5. The summed E-state index contributed by atoms with van der Waals surface area (Å²) in [6, 6.07) is 14.1. The van der Waals surface area contributed by atoms with Crippen LogP contribution in [0.15, 0.2) is 54.6 Å². The molecule has 0 atom stereocenters. The maximum Gasteiger partial charge on any atom is 0.335 e. The number of carboxylic acids is 1. The first-order valence-electron chi connectivity index (χ1n) is 7.19. The highest BCUT2D eigenvalue weighted by Gasteiger charge is 2.13. The standard InChI is InChI=1S/C19H15NO3/c1-12-18(15-4-2-3-5-16(15)20-12)17(21)11-8-13-6-9-14(10-7-13)19(22)23/h2-11,20H,1H3,(H,22,23)/b11-8+. The minimum atomic E-state index is -0.967. The summed E-state index contributed by atoms with van der Waals surface area (Å²) in [6.45, 7) is 1.88. The fourth-order valence-corrected chi connectivity index (χ4v) is 2.59. The van der Waals surface area contributed by atoms with Gasteiger partial charge in [0.2, 0.25) is 0 Å². The van der Waals surface area contributed by atoms with Gasteiger partial charge in [0, 0.05) is 16.6 Å². The van der Waals surface area contributed by atoms with Crippen LogP contribution < -0.4 is 0 Å². The Kier molecular flexibility index (Phi) is 3.81. The molecule has 0 bridgehead atoms. The highest BCUT2D eigenvalue weighted by atomic mass is 16.4. The third kappa shape index (κ3) is 2.92. The van der Waals surface area contributed by atoms with Gasteiger partial charge in [0.25, 0.3) is 0 Å². The van der Waals surface area contributed by atoms with Crippen LogP contribution in [0.1, 0.15) is 32.0 Å². The lowest BCUT2D eigenvalue weighted by molar-refractivity contribution is 0.0696. The number of ketones is 1. The normalized spacial score (nSPS) is 11.2. The summed E-state index contributed by atoms with van der Waals surface area (Å²) in [5, 5.41) is 9.78. The van der Waals surface area contributed by atoms with Crippen LogP contribution in [-0.2, 0) is 0 Å². The van der Waals surface area contributed by atoms with Gasteiger partial charge in [0.1, 0.15) is 0 Å². The average Bonchev–Trinajstić information content (AvgIpc) is 2.88. The molecule has 3 aromatic rings. The molecule has 3 rings (SSSR count). The smallest absolute Gasteiger partial charge is 0.335 e. The molecule has 0 radical (unpaired) electrons. The number of carbonyl (C=O) groups is 2. The topological polar surface area (TPSA) is 70.2 Å². The van der Waals surface area contributed by atoms with Gasteiger partial charge >= 0.3 is 5.97 Å². The Labute approximate surface area is 133 Å². The molecule has 114 valence electrons. The van der Waals surface area contributed by atoms with Crippen LogP contribution >= 0.6 is 0 Å². The van der Waals surface area contributed by atoms with Crippen molar-refractivity contribution in [1.82, 2.24) is 4.98 Å². The summed E-state index contributed by atoms with van der Waals surface area (Å²) in [7, 11) is 0. The molecular weight excluding hydrogens is 290 g/mol. The summed E-state index contributed by atoms with van der Waals surface area (Å²) in [5.74, 6) is -1.05. The van der Waals surface area contributed by atoms with E-state index >= 15 is 0 Å². The molecule has 4 nitrogen and oxygen atoms in total. The number of aryl methyl sites for hydroxylation is 1. The minimum absolute atomic E-state index is 0.0812. The number of aromatic amines is 1. The molecule has 2 N–H and O–H groups in total. The number of carboxylic acid groups (broad SMARTS) is 1. The molecule has 2 aromatic carbocycles. The predicted octanol–water partition coefficient (Wildman–Crippen LogP) is 4.07. The van der Waals surface area contributed by atoms with Crippen molar-refractivity contribution in [2.45, 2.75) is 6.92 Å². The Morgan fingerprint density at radius 1 is 1.04 bits per heavy atom. The number of aromatic nitrogens is 1. The Hall–Kier alpha value is -3.14.